The van der Waals surface area contributed by atoms with Gasteiger partial charge in [-0.25, -0.2) is 0 Å². The summed E-state index contributed by atoms with van der Waals surface area (Å²) in [7, 11) is 4.00. The lowest BCUT2D eigenvalue weighted by molar-refractivity contribution is 0.553. The molecule has 0 spiro atoms. The third-order valence-corrected chi connectivity index (χ3v) is 4.54. The fourth-order valence-corrected chi connectivity index (χ4v) is 3.03. The molecule has 0 saturated heterocycles. The van der Waals surface area contributed by atoms with Crippen molar-refractivity contribution >= 4 is 11.6 Å². The van der Waals surface area contributed by atoms with Gasteiger partial charge in [-0.2, -0.15) is 5.10 Å². The van der Waals surface area contributed by atoms with Crippen LogP contribution in [0.2, 0.25) is 5.02 Å². The van der Waals surface area contributed by atoms with Crippen molar-refractivity contribution in [2.24, 2.45) is 7.05 Å². The molecule has 3 nitrogen and oxygen atoms in total. The summed E-state index contributed by atoms with van der Waals surface area (Å²) in [5.41, 5.74) is 6.08. The fraction of sp³-hybridized carbons (Fsp3) is 0.471. The second-order valence-corrected chi connectivity index (χ2v) is 6.17. The Morgan fingerprint density at radius 3 is 2.48 bits per heavy atom. The summed E-state index contributed by atoms with van der Waals surface area (Å²) in [6.07, 6.45) is 1.88. The SMILES string of the molecule is CNC(Cc1ccc(C)cc1Cl)Cc1c(C)nn(C)c1C. The van der Waals surface area contributed by atoms with E-state index in [-0.39, 0.29) is 0 Å². The van der Waals surface area contributed by atoms with E-state index in [0.717, 1.165) is 23.6 Å². The molecule has 0 fully saturated rings. The number of halogens is 1. The van der Waals surface area contributed by atoms with Crippen LogP contribution >= 0.6 is 11.6 Å². The first-order valence-electron chi connectivity index (χ1n) is 7.33. The number of nitrogens with zero attached hydrogens (tertiary/aromatic N) is 2. The first kappa shape index (κ1) is 16.1. The maximum atomic E-state index is 6.36. The van der Waals surface area contributed by atoms with E-state index in [4.69, 9.17) is 11.6 Å². The summed E-state index contributed by atoms with van der Waals surface area (Å²) in [6.45, 7) is 6.27. The van der Waals surface area contributed by atoms with Crippen LogP contribution in [0.25, 0.3) is 0 Å². The highest BCUT2D eigenvalue weighted by molar-refractivity contribution is 6.31. The molecule has 0 aliphatic rings. The van der Waals surface area contributed by atoms with E-state index in [0.29, 0.717) is 6.04 Å². The maximum Gasteiger partial charge on any atom is 0.0628 e. The summed E-state index contributed by atoms with van der Waals surface area (Å²) < 4.78 is 1.95. The summed E-state index contributed by atoms with van der Waals surface area (Å²) in [5.74, 6) is 0. The average molecular weight is 306 g/mol. The van der Waals surface area contributed by atoms with Crippen LogP contribution in [0.3, 0.4) is 0 Å². The van der Waals surface area contributed by atoms with Crippen LogP contribution in [0.1, 0.15) is 28.1 Å². The molecule has 0 radical (unpaired) electrons. The molecule has 1 aromatic carbocycles. The van der Waals surface area contributed by atoms with E-state index >= 15 is 0 Å². The Bertz CT molecular complexity index is 631. The molecule has 2 aromatic rings. The van der Waals surface area contributed by atoms with Crippen molar-refractivity contribution in [1.82, 2.24) is 15.1 Å². The van der Waals surface area contributed by atoms with Crippen LogP contribution in [-0.4, -0.2) is 22.9 Å². The number of rotatable bonds is 5. The number of likely N-dealkylation sites (N-methyl/N-ethyl adjacent to an activating group) is 1. The molecule has 0 amide bonds. The zero-order valence-corrected chi connectivity index (χ0v) is 14.3. The van der Waals surface area contributed by atoms with Crippen LogP contribution in [0, 0.1) is 20.8 Å². The minimum atomic E-state index is 0.354. The van der Waals surface area contributed by atoms with Crippen molar-refractivity contribution in [2.75, 3.05) is 7.05 Å². The summed E-state index contributed by atoms with van der Waals surface area (Å²) in [4.78, 5) is 0. The van der Waals surface area contributed by atoms with Crippen LogP contribution in [0.5, 0.6) is 0 Å². The fourth-order valence-electron chi connectivity index (χ4n) is 2.72. The van der Waals surface area contributed by atoms with Gasteiger partial charge in [0.15, 0.2) is 0 Å². The molecule has 114 valence electrons. The minimum absolute atomic E-state index is 0.354. The minimum Gasteiger partial charge on any atom is -0.316 e. The third kappa shape index (κ3) is 3.66. The number of nitrogens with one attached hydrogen (secondary N) is 1. The number of aromatic nitrogens is 2. The molecule has 0 bridgehead atoms. The highest BCUT2D eigenvalue weighted by Crippen LogP contribution is 2.21. The monoisotopic (exact) mass is 305 g/mol. The quantitative estimate of drug-likeness (QED) is 0.918. The predicted octanol–water partition coefficient (Wildman–Crippen LogP) is 3.37. The Kier molecular flexibility index (Phi) is 5.07. The number of hydrogen-bond donors (Lipinski definition) is 1. The van der Waals surface area contributed by atoms with Gasteiger partial charge < -0.3 is 5.32 Å². The van der Waals surface area contributed by atoms with Gasteiger partial charge in [0.05, 0.1) is 5.69 Å². The van der Waals surface area contributed by atoms with Crippen molar-refractivity contribution in [3.8, 4) is 0 Å². The van der Waals surface area contributed by atoms with E-state index < -0.39 is 0 Å². The largest absolute Gasteiger partial charge is 0.316 e. The zero-order chi connectivity index (χ0) is 15.6. The topological polar surface area (TPSA) is 29.9 Å². The Hall–Kier alpha value is -1.32. The van der Waals surface area contributed by atoms with Crippen molar-refractivity contribution in [2.45, 2.75) is 39.7 Å². The molecule has 1 aromatic heterocycles. The van der Waals surface area contributed by atoms with Gasteiger partial charge in [-0.1, -0.05) is 23.7 Å². The van der Waals surface area contributed by atoms with Crippen molar-refractivity contribution < 1.29 is 0 Å². The standard InChI is InChI=1S/C17H24ClN3/c1-11-6-7-14(17(18)8-11)9-15(19-4)10-16-12(2)20-21(5)13(16)3/h6-8,15,19H,9-10H2,1-5H3. The number of benzene rings is 1. The van der Waals surface area contributed by atoms with Gasteiger partial charge in [0.1, 0.15) is 0 Å². The van der Waals surface area contributed by atoms with E-state index in [1.54, 1.807) is 0 Å². The molecule has 4 heteroatoms. The molecule has 1 N–H and O–H groups in total. The third-order valence-electron chi connectivity index (χ3n) is 4.19. The Morgan fingerprint density at radius 2 is 1.95 bits per heavy atom. The first-order valence-corrected chi connectivity index (χ1v) is 7.71. The van der Waals surface area contributed by atoms with E-state index in [1.807, 2.05) is 24.8 Å². The smallest absolute Gasteiger partial charge is 0.0628 e. The van der Waals surface area contributed by atoms with Crippen molar-refractivity contribution in [1.29, 1.82) is 0 Å². The predicted molar refractivity (Wildman–Crippen MR) is 89.1 cm³/mol. The van der Waals surface area contributed by atoms with Gasteiger partial charge in [-0.05, 0) is 63.4 Å². The summed E-state index contributed by atoms with van der Waals surface area (Å²) in [5, 5.41) is 8.76. The average Bonchev–Trinajstić information content (AvgIpc) is 2.67. The highest BCUT2D eigenvalue weighted by atomic mass is 35.5. The second-order valence-electron chi connectivity index (χ2n) is 5.76. The molecule has 1 atom stereocenters. The van der Waals surface area contributed by atoms with Gasteiger partial charge in [0.2, 0.25) is 0 Å². The zero-order valence-electron chi connectivity index (χ0n) is 13.5. The van der Waals surface area contributed by atoms with Crippen LogP contribution < -0.4 is 5.32 Å². The van der Waals surface area contributed by atoms with Crippen LogP contribution in [0.4, 0.5) is 0 Å². The van der Waals surface area contributed by atoms with Crippen LogP contribution in [0.15, 0.2) is 18.2 Å². The molecular formula is C17H24ClN3. The Balaban J connectivity index is 2.17. The molecule has 0 aliphatic heterocycles. The molecule has 0 aliphatic carbocycles. The van der Waals surface area contributed by atoms with Gasteiger partial charge in [0.25, 0.3) is 0 Å². The number of hydrogen-bond acceptors (Lipinski definition) is 2. The van der Waals surface area contributed by atoms with Crippen molar-refractivity contribution in [3.05, 3.63) is 51.3 Å². The normalized spacial score (nSPS) is 12.7. The van der Waals surface area contributed by atoms with Gasteiger partial charge >= 0.3 is 0 Å². The molecule has 2 rings (SSSR count). The highest BCUT2D eigenvalue weighted by Gasteiger charge is 2.16. The molecule has 21 heavy (non-hydrogen) atoms. The molecule has 1 unspecified atom stereocenters. The molecular weight excluding hydrogens is 282 g/mol. The lowest BCUT2D eigenvalue weighted by Crippen LogP contribution is -2.30. The van der Waals surface area contributed by atoms with Gasteiger partial charge in [0, 0.05) is 23.8 Å². The lowest BCUT2D eigenvalue weighted by Gasteiger charge is -2.17. The van der Waals surface area contributed by atoms with E-state index in [9.17, 15) is 0 Å². The van der Waals surface area contributed by atoms with Gasteiger partial charge in [-0.3, -0.25) is 4.68 Å². The van der Waals surface area contributed by atoms with E-state index in [1.165, 1.54) is 22.4 Å². The molecule has 0 saturated carbocycles. The first-order chi connectivity index (χ1) is 9.92. The maximum absolute atomic E-state index is 6.36. The summed E-state index contributed by atoms with van der Waals surface area (Å²) in [6, 6.07) is 6.63. The molecule has 1 heterocycles. The van der Waals surface area contributed by atoms with Crippen LogP contribution in [-0.2, 0) is 19.9 Å². The summed E-state index contributed by atoms with van der Waals surface area (Å²) >= 11 is 6.36. The lowest BCUT2D eigenvalue weighted by atomic mass is 9.97. The second kappa shape index (κ2) is 6.63. The number of aryl methyl sites for hydroxylation is 3. The van der Waals surface area contributed by atoms with Crippen molar-refractivity contribution in [3.63, 3.8) is 0 Å². The van der Waals surface area contributed by atoms with Gasteiger partial charge in [-0.15, -0.1) is 0 Å². The Labute approximate surface area is 132 Å². The van der Waals surface area contributed by atoms with E-state index in [2.05, 4.69) is 43.3 Å². The Morgan fingerprint density at radius 1 is 1.24 bits per heavy atom.